The second kappa shape index (κ2) is 5.50. The molecule has 0 aliphatic heterocycles. The highest BCUT2D eigenvalue weighted by Crippen LogP contribution is 2.48. The molecular formula is C16H26N2O3. The van der Waals surface area contributed by atoms with Crippen molar-refractivity contribution in [2.24, 2.45) is 23.2 Å². The van der Waals surface area contributed by atoms with Gasteiger partial charge in [0.05, 0.1) is 5.92 Å². The highest BCUT2D eigenvalue weighted by Gasteiger charge is 2.51. The van der Waals surface area contributed by atoms with Gasteiger partial charge in [0.2, 0.25) is 0 Å². The van der Waals surface area contributed by atoms with E-state index in [0.29, 0.717) is 12.5 Å². The van der Waals surface area contributed by atoms with Crippen molar-refractivity contribution in [2.75, 3.05) is 6.54 Å². The number of rotatable bonds is 5. The van der Waals surface area contributed by atoms with Gasteiger partial charge in [0.15, 0.2) is 0 Å². The van der Waals surface area contributed by atoms with Gasteiger partial charge in [-0.05, 0) is 55.8 Å². The number of hydrogen-bond acceptors (Lipinski definition) is 2. The van der Waals surface area contributed by atoms with Crippen LogP contribution in [-0.4, -0.2) is 29.7 Å². The highest BCUT2D eigenvalue weighted by atomic mass is 16.4. The van der Waals surface area contributed by atoms with Crippen LogP contribution in [0, 0.1) is 23.2 Å². The molecule has 3 aliphatic carbocycles. The summed E-state index contributed by atoms with van der Waals surface area (Å²) in [6.45, 7) is 2.89. The van der Waals surface area contributed by atoms with Crippen LogP contribution in [0.4, 0.5) is 4.79 Å². The molecule has 3 N–H and O–H groups in total. The van der Waals surface area contributed by atoms with E-state index in [9.17, 15) is 14.7 Å². The first-order valence-electron chi connectivity index (χ1n) is 8.32. The number of carboxylic acid groups (broad SMARTS) is 1. The van der Waals surface area contributed by atoms with Gasteiger partial charge < -0.3 is 15.7 Å². The molecule has 0 heterocycles. The number of aliphatic carboxylic acids is 1. The van der Waals surface area contributed by atoms with Gasteiger partial charge in [0, 0.05) is 12.6 Å². The molecule has 3 saturated carbocycles. The Morgan fingerprint density at radius 3 is 2.52 bits per heavy atom. The Kier molecular flexibility index (Phi) is 3.84. The topological polar surface area (TPSA) is 78.4 Å². The van der Waals surface area contributed by atoms with E-state index in [1.807, 2.05) is 0 Å². The van der Waals surface area contributed by atoms with Crippen molar-refractivity contribution in [2.45, 2.75) is 57.9 Å². The van der Waals surface area contributed by atoms with E-state index in [2.05, 4.69) is 17.6 Å². The lowest BCUT2D eigenvalue weighted by Crippen LogP contribution is -2.52. The molecule has 118 valence electrons. The summed E-state index contributed by atoms with van der Waals surface area (Å²) < 4.78 is 0. The van der Waals surface area contributed by atoms with Crippen LogP contribution in [0.1, 0.15) is 51.9 Å². The van der Waals surface area contributed by atoms with Crippen LogP contribution in [0.3, 0.4) is 0 Å². The van der Waals surface area contributed by atoms with Crippen LogP contribution in [0.25, 0.3) is 0 Å². The zero-order chi connectivity index (χ0) is 15.0. The molecule has 0 radical (unpaired) electrons. The Balaban J connectivity index is 1.53. The summed E-state index contributed by atoms with van der Waals surface area (Å²) in [6, 6.07) is -0.362. The van der Waals surface area contributed by atoms with Crippen molar-refractivity contribution in [3.05, 3.63) is 0 Å². The summed E-state index contributed by atoms with van der Waals surface area (Å²) in [7, 11) is 0. The molecule has 0 aromatic carbocycles. The molecule has 2 bridgehead atoms. The number of fused-ring (bicyclic) bond motifs is 2. The summed E-state index contributed by atoms with van der Waals surface area (Å²) >= 11 is 0. The lowest BCUT2D eigenvalue weighted by molar-refractivity contribution is -0.144. The zero-order valence-electron chi connectivity index (χ0n) is 12.7. The van der Waals surface area contributed by atoms with E-state index in [1.165, 1.54) is 19.3 Å². The van der Waals surface area contributed by atoms with Gasteiger partial charge in [0.25, 0.3) is 0 Å². The molecule has 4 atom stereocenters. The molecule has 3 aliphatic rings. The highest BCUT2D eigenvalue weighted by molar-refractivity contribution is 5.77. The third kappa shape index (κ3) is 2.62. The number of urea groups is 1. The fraction of sp³-hybridized carbons (Fsp3) is 0.875. The molecule has 5 nitrogen and oxygen atoms in total. The Bertz CT molecular complexity index is 428. The van der Waals surface area contributed by atoms with E-state index < -0.39 is 11.9 Å². The summed E-state index contributed by atoms with van der Waals surface area (Å²) in [5.74, 6) is -0.535. The Hall–Kier alpha value is -1.26. The quantitative estimate of drug-likeness (QED) is 0.728. The Morgan fingerprint density at radius 2 is 1.95 bits per heavy atom. The van der Waals surface area contributed by atoms with E-state index >= 15 is 0 Å². The third-order valence-electron chi connectivity index (χ3n) is 6.29. The van der Waals surface area contributed by atoms with Crippen LogP contribution in [0.2, 0.25) is 0 Å². The minimum atomic E-state index is -0.753. The number of carbonyl (C=O) groups is 2. The SMILES string of the molecule is CCC1(CNC(=O)NC2C3CCC(C3)C2C(=O)O)CCC1. The van der Waals surface area contributed by atoms with Gasteiger partial charge in [0.1, 0.15) is 0 Å². The second-order valence-electron chi connectivity index (χ2n) is 7.26. The summed E-state index contributed by atoms with van der Waals surface area (Å²) in [6.07, 6.45) is 7.74. The lowest BCUT2D eigenvalue weighted by atomic mass is 9.67. The summed E-state index contributed by atoms with van der Waals surface area (Å²) in [4.78, 5) is 23.6. The summed E-state index contributed by atoms with van der Waals surface area (Å²) in [5, 5.41) is 15.3. The molecule has 0 saturated heterocycles. The smallest absolute Gasteiger partial charge is 0.315 e. The monoisotopic (exact) mass is 294 g/mol. The first-order chi connectivity index (χ1) is 10.0. The standard InChI is InChI=1S/C16H26N2O3/c1-2-16(6-3-7-16)9-17-15(21)18-13-11-5-4-10(8-11)12(13)14(19)20/h10-13H,2-9H2,1H3,(H,19,20)(H2,17,18,21). The van der Waals surface area contributed by atoms with Crippen molar-refractivity contribution in [1.29, 1.82) is 0 Å². The van der Waals surface area contributed by atoms with Gasteiger partial charge >= 0.3 is 12.0 Å². The molecule has 21 heavy (non-hydrogen) atoms. The average molecular weight is 294 g/mol. The number of hydrogen-bond donors (Lipinski definition) is 3. The Labute approximate surface area is 125 Å². The first kappa shape index (κ1) is 14.7. The maximum atomic E-state index is 12.1. The zero-order valence-corrected chi connectivity index (χ0v) is 12.7. The molecule has 3 fully saturated rings. The predicted octanol–water partition coefficient (Wildman–Crippen LogP) is 2.37. The van der Waals surface area contributed by atoms with E-state index in [0.717, 1.165) is 25.7 Å². The van der Waals surface area contributed by atoms with Crippen molar-refractivity contribution in [3.8, 4) is 0 Å². The van der Waals surface area contributed by atoms with Crippen LogP contribution in [0.5, 0.6) is 0 Å². The van der Waals surface area contributed by atoms with E-state index in [4.69, 9.17) is 0 Å². The number of nitrogens with one attached hydrogen (secondary N) is 2. The molecule has 5 heteroatoms. The maximum Gasteiger partial charge on any atom is 0.315 e. The van der Waals surface area contributed by atoms with E-state index in [1.54, 1.807) is 0 Å². The van der Waals surface area contributed by atoms with Crippen molar-refractivity contribution in [1.82, 2.24) is 10.6 Å². The van der Waals surface area contributed by atoms with Gasteiger partial charge in [-0.1, -0.05) is 13.3 Å². The fourth-order valence-corrected chi connectivity index (χ4v) is 4.66. The molecule has 0 aromatic heterocycles. The fourth-order valence-electron chi connectivity index (χ4n) is 4.66. The predicted molar refractivity (Wildman–Crippen MR) is 78.9 cm³/mol. The second-order valence-corrected chi connectivity index (χ2v) is 7.26. The molecule has 0 spiro atoms. The third-order valence-corrected chi connectivity index (χ3v) is 6.29. The largest absolute Gasteiger partial charge is 0.481 e. The van der Waals surface area contributed by atoms with Gasteiger partial charge in [-0.15, -0.1) is 0 Å². The Morgan fingerprint density at radius 1 is 1.24 bits per heavy atom. The van der Waals surface area contributed by atoms with Crippen molar-refractivity contribution >= 4 is 12.0 Å². The minimum Gasteiger partial charge on any atom is -0.481 e. The van der Waals surface area contributed by atoms with Crippen molar-refractivity contribution in [3.63, 3.8) is 0 Å². The number of amides is 2. The molecule has 2 amide bonds. The number of carboxylic acids is 1. The normalized spacial score (nSPS) is 36.0. The first-order valence-corrected chi connectivity index (χ1v) is 8.32. The van der Waals surface area contributed by atoms with Crippen LogP contribution in [0.15, 0.2) is 0 Å². The summed E-state index contributed by atoms with van der Waals surface area (Å²) in [5.41, 5.74) is 0.290. The minimum absolute atomic E-state index is 0.180. The molecule has 3 rings (SSSR count). The van der Waals surface area contributed by atoms with Gasteiger partial charge in [-0.25, -0.2) is 4.79 Å². The molecule has 4 unspecified atom stereocenters. The molecule has 0 aromatic rings. The van der Waals surface area contributed by atoms with E-state index in [-0.39, 0.29) is 23.4 Å². The lowest BCUT2D eigenvalue weighted by Gasteiger charge is -2.41. The average Bonchev–Trinajstić information content (AvgIpc) is 2.98. The maximum absolute atomic E-state index is 12.1. The number of carbonyl (C=O) groups excluding carboxylic acids is 1. The molecular weight excluding hydrogens is 268 g/mol. The van der Waals surface area contributed by atoms with Crippen molar-refractivity contribution < 1.29 is 14.7 Å². The van der Waals surface area contributed by atoms with Crippen LogP contribution >= 0.6 is 0 Å². The van der Waals surface area contributed by atoms with Crippen LogP contribution < -0.4 is 10.6 Å². The van der Waals surface area contributed by atoms with Gasteiger partial charge in [-0.3, -0.25) is 4.79 Å². The van der Waals surface area contributed by atoms with Crippen LogP contribution in [-0.2, 0) is 4.79 Å². The van der Waals surface area contributed by atoms with Gasteiger partial charge in [-0.2, -0.15) is 0 Å².